The third-order valence-electron chi connectivity index (χ3n) is 18.2. The van der Waals surface area contributed by atoms with Crippen LogP contribution in [0.25, 0.3) is 0 Å². The Labute approximate surface area is 599 Å². The minimum atomic E-state index is -1.73. The summed E-state index contributed by atoms with van der Waals surface area (Å²) in [5, 5.41) is 131. The Kier molecular flexibility index (Phi) is 48.9. The Hall–Kier alpha value is -4.96. The molecule has 3 saturated heterocycles. The van der Waals surface area contributed by atoms with Crippen LogP contribution in [0.5, 0.6) is 0 Å². The van der Waals surface area contributed by atoms with Crippen molar-refractivity contribution >= 4 is 47.8 Å². The normalized spacial score (nSPS) is 25.6. The number of hydrogen-bond acceptors (Lipinski definition) is 27. The molecule has 592 valence electrons. The standard InChI is InChI=1S/C68H124N8O26/c1-3-69-51(81)27-17-13-14-18-29-53(83)75-46(25-19-21-30-70-52(82)28-16-12-10-8-6-4-5-7-9-11-15-23-35-96-44-80)64(94)73-31-22-20-26-47(65(95)74-34-38-98-66-57(87)45(2)56(86)48(41-77)100-66)76(40-55(85)72-33-37-99-68-63(93)61(91)59(89)50(43-79)102-68)39-54(84)71-32-24-36-97-67-62(92)60(90)58(88)49(42-78)101-67/h44-50,56-63,66-68,77-79,86-93H,3-43H2,1-2H3,(H,69,81)(H,70,82)(H,71,84)(H,72,85)(H,73,94)(H,74,95)(H,75,83)/t45-,46?,47-,48+,49+,50+,56-,57-,58+,59+,60-,61-,62-,63-,66-,67-,68-/m0/s1. The zero-order chi connectivity index (χ0) is 75.0. The maximum absolute atomic E-state index is 14.5. The summed E-state index contributed by atoms with van der Waals surface area (Å²) in [5.41, 5.74) is 0. The van der Waals surface area contributed by atoms with E-state index in [1.54, 1.807) is 6.92 Å². The summed E-state index contributed by atoms with van der Waals surface area (Å²) in [6.45, 7) is 0.924. The molecule has 0 aromatic heterocycles. The molecule has 34 nitrogen and oxygen atoms in total. The molecule has 0 bridgehead atoms. The largest absolute Gasteiger partial charge is 0.468 e. The van der Waals surface area contributed by atoms with Gasteiger partial charge in [-0.25, -0.2) is 0 Å². The number of ether oxygens (including phenoxy) is 7. The molecule has 102 heavy (non-hydrogen) atoms. The molecular weight excluding hydrogens is 1340 g/mol. The van der Waals surface area contributed by atoms with Gasteiger partial charge in [0.25, 0.3) is 6.47 Å². The SMILES string of the molecule is CCNC(=O)CCCCCCC(=O)NC(CCCCNC(=O)CCCCCCCCCCCCCCOC=O)C(=O)NCCCC[C@@H](C(=O)NCCO[C@H]1O[C@H](CO)[C@@H](O)[C@H](C)[C@@H]1O)N(CC(=O)NCCCO[C@H]1O[C@H](CO)[C@@H](O)[C@H](O)[C@@H]1O)CC(=O)NCCO[C@H]1O[C@H](CO)[C@@H](O)[C@H](O)[C@@H]1O. The van der Waals surface area contributed by atoms with Crippen molar-refractivity contribution < 1.29 is 128 Å². The fraction of sp³-hybridized carbons (Fsp3) is 0.882. The molecule has 0 radical (unpaired) electrons. The molecule has 7 amide bonds. The van der Waals surface area contributed by atoms with Crippen LogP contribution < -0.4 is 37.2 Å². The van der Waals surface area contributed by atoms with Crippen LogP contribution in [-0.4, -0.2) is 306 Å². The Morgan fingerprint density at radius 1 is 0.402 bits per heavy atom. The molecule has 18 N–H and O–H groups in total. The minimum absolute atomic E-state index is 0.0336. The topological polar surface area (TPSA) is 511 Å². The highest BCUT2D eigenvalue weighted by Gasteiger charge is 2.46. The fourth-order valence-electron chi connectivity index (χ4n) is 12.0. The molecular formula is C68H124N8O26. The molecule has 0 aromatic carbocycles. The van der Waals surface area contributed by atoms with Gasteiger partial charge in [0, 0.05) is 64.4 Å². The van der Waals surface area contributed by atoms with Gasteiger partial charge in [0.15, 0.2) is 18.9 Å². The number of nitrogens with zero attached hydrogens (tertiary/aromatic N) is 1. The number of rotatable bonds is 58. The molecule has 17 atom stereocenters. The van der Waals surface area contributed by atoms with E-state index in [0.29, 0.717) is 71.1 Å². The van der Waals surface area contributed by atoms with Crippen LogP contribution in [-0.2, 0) is 71.5 Å². The maximum atomic E-state index is 14.5. The van der Waals surface area contributed by atoms with E-state index < -0.39 is 161 Å². The molecule has 3 fully saturated rings. The van der Waals surface area contributed by atoms with Gasteiger partial charge in [-0.2, -0.15) is 0 Å². The molecule has 0 aromatic rings. The summed E-state index contributed by atoms with van der Waals surface area (Å²) in [6.07, 6.45) is -2.14. The highest BCUT2D eigenvalue weighted by Crippen LogP contribution is 2.27. The van der Waals surface area contributed by atoms with E-state index in [1.165, 1.54) is 30.6 Å². The molecule has 0 spiro atoms. The lowest BCUT2D eigenvalue weighted by atomic mass is 9.91. The minimum Gasteiger partial charge on any atom is -0.468 e. The first-order valence-corrected chi connectivity index (χ1v) is 36.9. The molecule has 0 aliphatic carbocycles. The number of amides is 7. The summed E-state index contributed by atoms with van der Waals surface area (Å²) >= 11 is 0. The van der Waals surface area contributed by atoms with Crippen LogP contribution in [0.2, 0.25) is 0 Å². The summed E-state index contributed by atoms with van der Waals surface area (Å²) in [7, 11) is 0. The molecule has 1 unspecified atom stereocenters. The van der Waals surface area contributed by atoms with Crippen molar-refractivity contribution in [3.8, 4) is 0 Å². The van der Waals surface area contributed by atoms with Crippen molar-refractivity contribution in [1.29, 1.82) is 0 Å². The second-order valence-electron chi connectivity index (χ2n) is 26.4. The van der Waals surface area contributed by atoms with E-state index in [9.17, 15) is 94.5 Å². The molecule has 0 saturated carbocycles. The number of carbonyl (C=O) groups is 8. The summed E-state index contributed by atoms with van der Waals surface area (Å²) in [5.74, 6) is -3.75. The quantitative estimate of drug-likeness (QED) is 0.0212. The molecule has 3 heterocycles. The Bertz CT molecular complexity index is 2320. The molecule has 3 aliphatic heterocycles. The highest BCUT2D eigenvalue weighted by molar-refractivity contribution is 5.88. The van der Waals surface area contributed by atoms with Crippen LogP contribution in [0.1, 0.15) is 181 Å². The smallest absolute Gasteiger partial charge is 0.293 e. The van der Waals surface area contributed by atoms with Crippen molar-refractivity contribution in [1.82, 2.24) is 42.1 Å². The highest BCUT2D eigenvalue weighted by atomic mass is 16.7. The molecule has 3 aliphatic rings. The van der Waals surface area contributed by atoms with Crippen molar-refractivity contribution in [2.75, 3.05) is 98.6 Å². The Morgan fingerprint density at radius 3 is 1.31 bits per heavy atom. The molecule has 34 heteroatoms. The van der Waals surface area contributed by atoms with Crippen molar-refractivity contribution in [2.24, 2.45) is 5.92 Å². The maximum Gasteiger partial charge on any atom is 0.293 e. The first-order chi connectivity index (χ1) is 49.1. The second kappa shape index (κ2) is 54.6. The lowest BCUT2D eigenvalue weighted by Gasteiger charge is -2.40. The second-order valence-corrected chi connectivity index (χ2v) is 26.4. The lowest BCUT2D eigenvalue weighted by Crippen LogP contribution is -2.59. The summed E-state index contributed by atoms with van der Waals surface area (Å²) in [4.78, 5) is 106. The zero-order valence-electron chi connectivity index (χ0n) is 59.9. The van der Waals surface area contributed by atoms with E-state index >= 15 is 0 Å². The van der Waals surface area contributed by atoms with E-state index in [1.807, 2.05) is 6.92 Å². The lowest BCUT2D eigenvalue weighted by molar-refractivity contribution is -0.301. The monoisotopic (exact) mass is 1470 g/mol. The number of aliphatic hydroxyl groups excluding tert-OH is 11. The van der Waals surface area contributed by atoms with Crippen LogP contribution in [0.3, 0.4) is 0 Å². The van der Waals surface area contributed by atoms with Crippen LogP contribution in [0, 0.1) is 5.92 Å². The van der Waals surface area contributed by atoms with Gasteiger partial charge in [-0.3, -0.25) is 43.3 Å². The van der Waals surface area contributed by atoms with Crippen LogP contribution in [0.15, 0.2) is 0 Å². The predicted octanol–water partition coefficient (Wildman–Crippen LogP) is -3.10. The number of unbranched alkanes of at least 4 members (excludes halogenated alkanes) is 16. The zero-order valence-corrected chi connectivity index (χ0v) is 59.9. The summed E-state index contributed by atoms with van der Waals surface area (Å²) in [6, 6.07) is -2.21. The summed E-state index contributed by atoms with van der Waals surface area (Å²) < 4.78 is 37.9. The van der Waals surface area contributed by atoms with Crippen molar-refractivity contribution in [2.45, 2.75) is 279 Å². The number of carbonyl (C=O) groups excluding carboxylic acids is 8. The van der Waals surface area contributed by atoms with Gasteiger partial charge in [0.2, 0.25) is 41.4 Å². The number of aliphatic hydroxyl groups is 11. The Morgan fingerprint density at radius 2 is 0.804 bits per heavy atom. The van der Waals surface area contributed by atoms with Gasteiger partial charge in [-0.1, -0.05) is 84.0 Å². The Balaban J connectivity index is 1.71. The van der Waals surface area contributed by atoms with Crippen LogP contribution in [0.4, 0.5) is 0 Å². The van der Waals surface area contributed by atoms with Gasteiger partial charge in [-0.15, -0.1) is 0 Å². The van der Waals surface area contributed by atoms with E-state index in [0.717, 1.165) is 57.8 Å². The van der Waals surface area contributed by atoms with E-state index in [4.69, 9.17) is 33.2 Å². The third kappa shape index (κ3) is 36.4. The fourth-order valence-corrected chi connectivity index (χ4v) is 12.0. The van der Waals surface area contributed by atoms with Gasteiger partial charge in [0.1, 0.15) is 67.1 Å². The van der Waals surface area contributed by atoms with E-state index in [-0.39, 0.29) is 102 Å². The average molecular weight is 1470 g/mol. The molecule has 3 rings (SSSR count). The van der Waals surface area contributed by atoms with Crippen molar-refractivity contribution in [3.63, 3.8) is 0 Å². The van der Waals surface area contributed by atoms with Crippen molar-refractivity contribution in [3.05, 3.63) is 0 Å². The number of nitrogens with one attached hydrogen (secondary N) is 7. The van der Waals surface area contributed by atoms with Gasteiger partial charge >= 0.3 is 0 Å². The van der Waals surface area contributed by atoms with Gasteiger partial charge in [0.05, 0.1) is 71.5 Å². The van der Waals surface area contributed by atoms with Crippen LogP contribution >= 0.6 is 0 Å². The van der Waals surface area contributed by atoms with Gasteiger partial charge in [-0.05, 0) is 77.6 Å². The van der Waals surface area contributed by atoms with Gasteiger partial charge < -0.3 is 127 Å². The number of hydrogen-bond donors (Lipinski definition) is 18. The predicted molar refractivity (Wildman–Crippen MR) is 365 cm³/mol. The third-order valence-corrected chi connectivity index (χ3v) is 18.2. The first-order valence-electron chi connectivity index (χ1n) is 36.9. The first kappa shape index (κ1) is 91.3. The van der Waals surface area contributed by atoms with E-state index in [2.05, 4.69) is 37.2 Å². The average Bonchev–Trinajstić information content (AvgIpc) is 0.832.